The van der Waals surface area contributed by atoms with Gasteiger partial charge in [0.25, 0.3) is 0 Å². The van der Waals surface area contributed by atoms with Gasteiger partial charge in [0.2, 0.25) is 5.82 Å². The lowest BCUT2D eigenvalue weighted by Crippen LogP contribution is -2.03. The van der Waals surface area contributed by atoms with Crippen molar-refractivity contribution in [3.63, 3.8) is 0 Å². The van der Waals surface area contributed by atoms with Crippen LogP contribution in [-0.4, -0.2) is 21.0 Å². The Balaban J connectivity index is 0.000001000. The van der Waals surface area contributed by atoms with E-state index in [4.69, 9.17) is 5.11 Å². The van der Waals surface area contributed by atoms with E-state index in [1.165, 1.54) is 6.20 Å². The van der Waals surface area contributed by atoms with Gasteiger partial charge in [-0.2, -0.15) is 0 Å². The number of halogens is 1. The number of aryl methyl sites for hydroxylation is 1. The van der Waals surface area contributed by atoms with Gasteiger partial charge in [0.1, 0.15) is 0 Å². The molecule has 1 rings (SSSR count). The van der Waals surface area contributed by atoms with Crippen molar-refractivity contribution in [3.05, 3.63) is 23.8 Å². The number of carboxylic acids is 1. The summed E-state index contributed by atoms with van der Waals surface area (Å²) in [6.45, 7) is 1.72. The maximum atomic E-state index is 10.2. The first kappa shape index (κ1) is 9.84. The van der Waals surface area contributed by atoms with Gasteiger partial charge < -0.3 is 5.11 Å². The van der Waals surface area contributed by atoms with E-state index >= 15 is 0 Å². The summed E-state index contributed by atoms with van der Waals surface area (Å²) in [5.74, 6) is -1.25. The Kier molecular flexibility index (Phi) is 3.47. The Hall–Kier alpha value is -1.16. The van der Waals surface area contributed by atoms with Crippen LogP contribution in [0.4, 0.5) is 0 Å². The second-order valence-electron chi connectivity index (χ2n) is 1.83. The number of aromatic nitrogens is 2. The number of rotatable bonds is 1. The quantitative estimate of drug-likeness (QED) is 0.687. The average Bonchev–Trinajstić information content (AvgIpc) is 1.88. The fourth-order valence-electron chi connectivity index (χ4n) is 0.552. The normalized spacial score (nSPS) is 8.45. The first-order chi connectivity index (χ1) is 4.70. The van der Waals surface area contributed by atoms with Crippen molar-refractivity contribution in [1.82, 2.24) is 9.97 Å². The summed E-state index contributed by atoms with van der Waals surface area (Å²) in [6.07, 6.45) is 1.42. The molecular weight excluding hydrogens is 168 g/mol. The molecule has 1 N–H and O–H groups in total. The highest BCUT2D eigenvalue weighted by Crippen LogP contribution is 1.91. The van der Waals surface area contributed by atoms with Crippen molar-refractivity contribution < 1.29 is 9.90 Å². The summed E-state index contributed by atoms with van der Waals surface area (Å²) in [7, 11) is 0. The zero-order valence-electron chi connectivity index (χ0n) is 5.81. The minimum absolute atomic E-state index is 0. The molecule has 0 radical (unpaired) electrons. The molecule has 1 aromatic heterocycles. The Bertz CT molecular complexity index is 265. The first-order valence-electron chi connectivity index (χ1n) is 2.73. The number of carbonyl (C=O) groups is 1. The summed E-state index contributed by atoms with van der Waals surface area (Å²) in [5.41, 5.74) is 0.660. The van der Waals surface area contributed by atoms with Crippen LogP contribution in [0, 0.1) is 6.92 Å². The summed E-state index contributed by atoms with van der Waals surface area (Å²) in [6, 6.07) is 1.65. The number of carboxylic acid groups (broad SMARTS) is 1. The second kappa shape index (κ2) is 3.88. The van der Waals surface area contributed by atoms with E-state index in [0.717, 1.165) is 0 Å². The molecular formula is C6H7ClN2O2. The third-order valence-electron chi connectivity index (χ3n) is 0.986. The number of nitrogens with zero attached hydrogens (tertiary/aromatic N) is 2. The Morgan fingerprint density at radius 3 is 2.64 bits per heavy atom. The lowest BCUT2D eigenvalue weighted by atomic mass is 10.4. The van der Waals surface area contributed by atoms with Gasteiger partial charge in [-0.15, -0.1) is 12.4 Å². The summed E-state index contributed by atoms with van der Waals surface area (Å²) >= 11 is 0. The lowest BCUT2D eigenvalue weighted by molar-refractivity contribution is 0.0683. The molecule has 0 aliphatic carbocycles. The molecule has 0 bridgehead atoms. The van der Waals surface area contributed by atoms with Crippen LogP contribution in [0.5, 0.6) is 0 Å². The molecule has 1 heterocycles. The predicted octanol–water partition coefficient (Wildman–Crippen LogP) is 0.905. The molecule has 4 nitrogen and oxygen atoms in total. The molecule has 0 saturated carbocycles. The third kappa shape index (κ3) is 2.51. The van der Waals surface area contributed by atoms with Crippen molar-refractivity contribution in [2.24, 2.45) is 0 Å². The van der Waals surface area contributed by atoms with E-state index in [1.807, 2.05) is 0 Å². The van der Waals surface area contributed by atoms with Crippen LogP contribution in [0.3, 0.4) is 0 Å². The van der Waals surface area contributed by atoms with Crippen LogP contribution >= 0.6 is 12.4 Å². The molecule has 0 spiro atoms. The van der Waals surface area contributed by atoms with Crippen molar-refractivity contribution in [2.45, 2.75) is 6.92 Å². The van der Waals surface area contributed by atoms with Gasteiger partial charge in [-0.1, -0.05) is 0 Å². The van der Waals surface area contributed by atoms with Gasteiger partial charge in [0, 0.05) is 11.9 Å². The molecule has 60 valence electrons. The summed E-state index contributed by atoms with van der Waals surface area (Å²) < 4.78 is 0. The van der Waals surface area contributed by atoms with Crippen LogP contribution in [0.15, 0.2) is 12.3 Å². The zero-order chi connectivity index (χ0) is 7.56. The molecule has 0 aromatic carbocycles. The Morgan fingerprint density at radius 1 is 1.64 bits per heavy atom. The largest absolute Gasteiger partial charge is 0.475 e. The fourth-order valence-corrected chi connectivity index (χ4v) is 0.552. The van der Waals surface area contributed by atoms with Gasteiger partial charge in [-0.05, 0) is 13.0 Å². The molecule has 0 saturated heterocycles. The number of hydrogen-bond acceptors (Lipinski definition) is 3. The van der Waals surface area contributed by atoms with E-state index in [0.29, 0.717) is 5.69 Å². The van der Waals surface area contributed by atoms with E-state index in [-0.39, 0.29) is 18.2 Å². The third-order valence-corrected chi connectivity index (χ3v) is 0.986. The maximum Gasteiger partial charge on any atom is 0.373 e. The van der Waals surface area contributed by atoms with Crippen LogP contribution < -0.4 is 0 Å². The molecule has 0 aliphatic heterocycles. The lowest BCUT2D eigenvalue weighted by Gasteiger charge is -1.91. The summed E-state index contributed by atoms with van der Waals surface area (Å²) in [4.78, 5) is 17.4. The molecule has 0 aliphatic rings. The van der Waals surface area contributed by atoms with Gasteiger partial charge in [-0.25, -0.2) is 14.8 Å². The van der Waals surface area contributed by atoms with Gasteiger partial charge in [0.05, 0.1) is 0 Å². The smallest absolute Gasteiger partial charge is 0.373 e. The minimum atomic E-state index is -1.09. The number of hydrogen-bond donors (Lipinski definition) is 1. The Morgan fingerprint density at radius 2 is 2.27 bits per heavy atom. The van der Waals surface area contributed by atoms with Crippen molar-refractivity contribution in [1.29, 1.82) is 0 Å². The SMILES string of the molecule is Cc1ccnc(C(=O)O)n1.Cl. The molecule has 1 aromatic rings. The zero-order valence-corrected chi connectivity index (χ0v) is 6.63. The standard InChI is InChI=1S/C6H6N2O2.ClH/c1-4-2-3-7-5(8-4)6(9)10;/h2-3H,1H3,(H,9,10);1H. The molecule has 11 heavy (non-hydrogen) atoms. The van der Waals surface area contributed by atoms with E-state index in [2.05, 4.69) is 9.97 Å². The highest BCUT2D eigenvalue weighted by atomic mass is 35.5. The molecule has 0 unspecified atom stereocenters. The highest BCUT2D eigenvalue weighted by Gasteiger charge is 2.03. The average molecular weight is 175 g/mol. The van der Waals surface area contributed by atoms with Crippen molar-refractivity contribution in [3.8, 4) is 0 Å². The van der Waals surface area contributed by atoms with E-state index in [1.54, 1.807) is 13.0 Å². The molecule has 5 heteroatoms. The molecule has 0 atom stereocenters. The van der Waals surface area contributed by atoms with E-state index < -0.39 is 5.97 Å². The monoisotopic (exact) mass is 174 g/mol. The molecule has 0 amide bonds. The maximum absolute atomic E-state index is 10.2. The fraction of sp³-hybridized carbons (Fsp3) is 0.167. The van der Waals surface area contributed by atoms with Crippen molar-refractivity contribution in [2.75, 3.05) is 0 Å². The van der Waals surface area contributed by atoms with Crippen LogP contribution in [0.1, 0.15) is 16.3 Å². The topological polar surface area (TPSA) is 63.1 Å². The minimum Gasteiger partial charge on any atom is -0.475 e. The Labute approximate surface area is 69.7 Å². The van der Waals surface area contributed by atoms with E-state index in [9.17, 15) is 4.79 Å². The van der Waals surface area contributed by atoms with Crippen molar-refractivity contribution >= 4 is 18.4 Å². The van der Waals surface area contributed by atoms with Crippen LogP contribution in [0.25, 0.3) is 0 Å². The van der Waals surface area contributed by atoms with Crippen LogP contribution in [0.2, 0.25) is 0 Å². The predicted molar refractivity (Wildman–Crippen MR) is 41.0 cm³/mol. The first-order valence-corrected chi connectivity index (χ1v) is 2.73. The highest BCUT2D eigenvalue weighted by molar-refractivity contribution is 5.85. The van der Waals surface area contributed by atoms with Gasteiger partial charge in [0.15, 0.2) is 0 Å². The number of aromatic carboxylic acids is 1. The second-order valence-corrected chi connectivity index (χ2v) is 1.83. The summed E-state index contributed by atoms with van der Waals surface area (Å²) in [5, 5.41) is 8.38. The van der Waals surface area contributed by atoms with Crippen LogP contribution in [-0.2, 0) is 0 Å². The van der Waals surface area contributed by atoms with Gasteiger partial charge in [-0.3, -0.25) is 0 Å². The van der Waals surface area contributed by atoms with Gasteiger partial charge >= 0.3 is 5.97 Å². The molecule has 0 fully saturated rings.